The van der Waals surface area contributed by atoms with Crippen molar-refractivity contribution in [3.8, 4) is 11.6 Å². The van der Waals surface area contributed by atoms with Crippen LogP contribution in [0.5, 0.6) is 11.6 Å². The Balaban J connectivity index is 2.04. The molecule has 0 saturated heterocycles. The number of hydrogen-bond acceptors (Lipinski definition) is 4. The standard InChI is InChI=1S/C16H14FN3O/c1-2-18-16-19-14-6-4-3-5-13(14)15(20-16)21-12-9-7-11(17)8-10-12/h3-10H,2H2,1H3,(H,18,19,20). The molecular weight excluding hydrogens is 269 g/mol. The van der Waals surface area contributed by atoms with E-state index in [2.05, 4.69) is 15.3 Å². The van der Waals surface area contributed by atoms with Gasteiger partial charge in [0.1, 0.15) is 11.6 Å². The fourth-order valence-corrected chi connectivity index (χ4v) is 1.98. The summed E-state index contributed by atoms with van der Waals surface area (Å²) in [6.07, 6.45) is 0. The van der Waals surface area contributed by atoms with Crippen LogP contribution in [0, 0.1) is 5.82 Å². The number of para-hydroxylation sites is 1. The summed E-state index contributed by atoms with van der Waals surface area (Å²) in [4.78, 5) is 8.79. The first-order valence-corrected chi connectivity index (χ1v) is 6.70. The third-order valence-electron chi connectivity index (χ3n) is 2.93. The van der Waals surface area contributed by atoms with Gasteiger partial charge in [-0.25, -0.2) is 9.37 Å². The summed E-state index contributed by atoms with van der Waals surface area (Å²) < 4.78 is 18.7. The zero-order chi connectivity index (χ0) is 14.7. The summed E-state index contributed by atoms with van der Waals surface area (Å²) in [5.41, 5.74) is 0.792. The zero-order valence-electron chi connectivity index (χ0n) is 11.5. The van der Waals surface area contributed by atoms with E-state index in [1.54, 1.807) is 12.1 Å². The Labute approximate surface area is 121 Å². The van der Waals surface area contributed by atoms with Crippen LogP contribution in [0.4, 0.5) is 10.3 Å². The topological polar surface area (TPSA) is 47.0 Å². The Hall–Kier alpha value is -2.69. The molecule has 0 aliphatic carbocycles. The molecule has 4 nitrogen and oxygen atoms in total. The fourth-order valence-electron chi connectivity index (χ4n) is 1.98. The van der Waals surface area contributed by atoms with Gasteiger partial charge in [-0.05, 0) is 43.3 Å². The highest BCUT2D eigenvalue weighted by Crippen LogP contribution is 2.28. The number of benzene rings is 2. The molecule has 0 unspecified atom stereocenters. The average molecular weight is 283 g/mol. The molecule has 3 rings (SSSR count). The number of rotatable bonds is 4. The molecule has 3 aromatic rings. The van der Waals surface area contributed by atoms with E-state index >= 15 is 0 Å². The van der Waals surface area contributed by atoms with Crippen molar-refractivity contribution in [1.29, 1.82) is 0 Å². The molecule has 0 amide bonds. The molecule has 2 aromatic carbocycles. The maximum absolute atomic E-state index is 13.0. The molecule has 1 N–H and O–H groups in total. The van der Waals surface area contributed by atoms with Gasteiger partial charge in [0.25, 0.3) is 0 Å². The Kier molecular flexibility index (Phi) is 3.64. The number of nitrogens with zero attached hydrogens (tertiary/aromatic N) is 2. The van der Waals surface area contributed by atoms with Crippen LogP contribution < -0.4 is 10.1 Å². The lowest BCUT2D eigenvalue weighted by molar-refractivity contribution is 0.467. The maximum atomic E-state index is 13.0. The number of halogens is 1. The number of nitrogens with one attached hydrogen (secondary N) is 1. The van der Waals surface area contributed by atoms with E-state index in [1.165, 1.54) is 12.1 Å². The molecule has 0 atom stereocenters. The van der Waals surface area contributed by atoms with Crippen molar-refractivity contribution in [3.63, 3.8) is 0 Å². The minimum Gasteiger partial charge on any atom is -0.438 e. The first kappa shape index (κ1) is 13.3. The van der Waals surface area contributed by atoms with Crippen molar-refractivity contribution in [3.05, 3.63) is 54.3 Å². The van der Waals surface area contributed by atoms with Gasteiger partial charge in [-0.3, -0.25) is 0 Å². The van der Waals surface area contributed by atoms with Gasteiger partial charge in [-0.2, -0.15) is 4.98 Å². The second-order valence-corrected chi connectivity index (χ2v) is 4.46. The monoisotopic (exact) mass is 283 g/mol. The summed E-state index contributed by atoms with van der Waals surface area (Å²) in [7, 11) is 0. The van der Waals surface area contributed by atoms with Crippen LogP contribution >= 0.6 is 0 Å². The van der Waals surface area contributed by atoms with E-state index in [0.717, 1.165) is 10.9 Å². The quantitative estimate of drug-likeness (QED) is 0.786. The lowest BCUT2D eigenvalue weighted by Gasteiger charge is -2.10. The second kappa shape index (κ2) is 5.75. The van der Waals surface area contributed by atoms with Crippen molar-refractivity contribution in [1.82, 2.24) is 9.97 Å². The summed E-state index contributed by atoms with van der Waals surface area (Å²) in [5, 5.41) is 3.88. The third-order valence-corrected chi connectivity index (χ3v) is 2.93. The van der Waals surface area contributed by atoms with Gasteiger partial charge in [-0.15, -0.1) is 0 Å². The summed E-state index contributed by atoms with van der Waals surface area (Å²) in [5.74, 6) is 1.18. The van der Waals surface area contributed by atoms with E-state index in [-0.39, 0.29) is 5.82 Å². The maximum Gasteiger partial charge on any atom is 0.231 e. The first-order valence-electron chi connectivity index (χ1n) is 6.70. The highest BCUT2D eigenvalue weighted by molar-refractivity contribution is 5.84. The first-order chi connectivity index (χ1) is 10.3. The number of anilines is 1. The van der Waals surface area contributed by atoms with Crippen LogP contribution in [-0.2, 0) is 0 Å². The molecule has 1 heterocycles. The summed E-state index contributed by atoms with van der Waals surface area (Å²) >= 11 is 0. The van der Waals surface area contributed by atoms with Gasteiger partial charge < -0.3 is 10.1 Å². The fraction of sp³-hybridized carbons (Fsp3) is 0.125. The highest BCUT2D eigenvalue weighted by Gasteiger charge is 2.09. The third kappa shape index (κ3) is 2.91. The number of hydrogen-bond donors (Lipinski definition) is 1. The highest BCUT2D eigenvalue weighted by atomic mass is 19.1. The van der Waals surface area contributed by atoms with E-state index in [1.807, 2.05) is 31.2 Å². The Morgan fingerprint density at radius 2 is 1.81 bits per heavy atom. The van der Waals surface area contributed by atoms with Gasteiger partial charge in [-0.1, -0.05) is 12.1 Å². The van der Waals surface area contributed by atoms with Crippen molar-refractivity contribution >= 4 is 16.9 Å². The molecule has 0 radical (unpaired) electrons. The Morgan fingerprint density at radius 3 is 2.57 bits per heavy atom. The van der Waals surface area contributed by atoms with Crippen LogP contribution in [0.2, 0.25) is 0 Å². The second-order valence-electron chi connectivity index (χ2n) is 4.46. The van der Waals surface area contributed by atoms with Crippen molar-refractivity contribution in [2.45, 2.75) is 6.92 Å². The Morgan fingerprint density at radius 1 is 1.05 bits per heavy atom. The molecule has 0 saturated carbocycles. The molecule has 0 aliphatic rings. The number of fused-ring (bicyclic) bond motifs is 1. The van der Waals surface area contributed by atoms with Gasteiger partial charge >= 0.3 is 0 Å². The molecule has 21 heavy (non-hydrogen) atoms. The molecule has 106 valence electrons. The van der Waals surface area contributed by atoms with Gasteiger partial charge in [0.2, 0.25) is 11.8 Å². The van der Waals surface area contributed by atoms with Gasteiger partial charge in [0.05, 0.1) is 10.9 Å². The Bertz CT molecular complexity index is 759. The minimum atomic E-state index is -0.303. The molecule has 1 aromatic heterocycles. The van der Waals surface area contributed by atoms with E-state index in [9.17, 15) is 4.39 Å². The zero-order valence-corrected chi connectivity index (χ0v) is 11.5. The van der Waals surface area contributed by atoms with E-state index in [4.69, 9.17) is 4.74 Å². The van der Waals surface area contributed by atoms with Crippen molar-refractivity contribution < 1.29 is 9.13 Å². The smallest absolute Gasteiger partial charge is 0.231 e. The minimum absolute atomic E-state index is 0.303. The number of ether oxygens (including phenoxy) is 1. The van der Waals surface area contributed by atoms with Crippen molar-refractivity contribution in [2.24, 2.45) is 0 Å². The van der Waals surface area contributed by atoms with Crippen LogP contribution in [0.3, 0.4) is 0 Å². The van der Waals surface area contributed by atoms with E-state index < -0.39 is 0 Å². The van der Waals surface area contributed by atoms with E-state index in [0.29, 0.717) is 24.1 Å². The SMILES string of the molecule is CCNc1nc(Oc2ccc(F)cc2)c2ccccc2n1. The lowest BCUT2D eigenvalue weighted by atomic mass is 10.2. The number of aromatic nitrogens is 2. The largest absolute Gasteiger partial charge is 0.438 e. The molecule has 0 spiro atoms. The van der Waals surface area contributed by atoms with Crippen LogP contribution in [0.15, 0.2) is 48.5 Å². The predicted molar refractivity (Wildman–Crippen MR) is 80.2 cm³/mol. The summed E-state index contributed by atoms with van der Waals surface area (Å²) in [6.45, 7) is 2.69. The van der Waals surface area contributed by atoms with Crippen LogP contribution in [0.1, 0.15) is 6.92 Å². The van der Waals surface area contributed by atoms with Crippen molar-refractivity contribution in [2.75, 3.05) is 11.9 Å². The van der Waals surface area contributed by atoms with Gasteiger partial charge in [0, 0.05) is 6.54 Å². The molecule has 0 fully saturated rings. The molecule has 5 heteroatoms. The average Bonchev–Trinajstić information content (AvgIpc) is 2.50. The molecule has 0 bridgehead atoms. The summed E-state index contributed by atoms with van der Waals surface area (Å²) in [6, 6.07) is 13.4. The molecule has 0 aliphatic heterocycles. The van der Waals surface area contributed by atoms with Gasteiger partial charge in [0.15, 0.2) is 0 Å². The molecular formula is C16H14FN3O. The lowest BCUT2D eigenvalue weighted by Crippen LogP contribution is -2.03. The normalized spacial score (nSPS) is 10.6. The van der Waals surface area contributed by atoms with Crippen LogP contribution in [-0.4, -0.2) is 16.5 Å². The van der Waals surface area contributed by atoms with Crippen LogP contribution in [0.25, 0.3) is 10.9 Å². The predicted octanol–water partition coefficient (Wildman–Crippen LogP) is 3.99.